The number of hydrogen-bond donors (Lipinski definition) is 1. The van der Waals surface area contributed by atoms with Crippen LogP contribution in [0.2, 0.25) is 0 Å². The van der Waals surface area contributed by atoms with E-state index >= 15 is 0 Å². The van der Waals surface area contributed by atoms with Crippen LogP contribution >= 0.6 is 0 Å². The number of likely N-dealkylation sites (N-methyl/N-ethyl adjacent to an activating group) is 1. The smallest absolute Gasteiger partial charge is 0.409 e. The van der Waals surface area contributed by atoms with E-state index in [0.29, 0.717) is 45.6 Å². The van der Waals surface area contributed by atoms with E-state index in [-0.39, 0.29) is 11.9 Å². The SMILES string of the molecule is COC(=O)N1CCN(C(=O)C(=O)NC2CCC(=O)N(C)C2)CC1. The molecule has 4 amide bonds. The molecule has 2 aliphatic heterocycles. The number of piperidine rings is 1. The molecule has 9 heteroatoms. The lowest BCUT2D eigenvalue weighted by atomic mass is 10.1. The molecule has 0 aliphatic carbocycles. The van der Waals surface area contributed by atoms with Gasteiger partial charge in [0.15, 0.2) is 0 Å². The molecule has 2 heterocycles. The van der Waals surface area contributed by atoms with E-state index in [4.69, 9.17) is 0 Å². The van der Waals surface area contributed by atoms with Gasteiger partial charge in [0.1, 0.15) is 0 Å². The van der Waals surface area contributed by atoms with Gasteiger partial charge in [-0.3, -0.25) is 14.4 Å². The van der Waals surface area contributed by atoms with Gasteiger partial charge in [0.05, 0.1) is 7.11 Å². The number of rotatable bonds is 1. The highest BCUT2D eigenvalue weighted by Crippen LogP contribution is 2.10. The van der Waals surface area contributed by atoms with Crippen molar-refractivity contribution in [3.63, 3.8) is 0 Å². The third-order valence-electron chi connectivity index (χ3n) is 4.16. The van der Waals surface area contributed by atoms with Gasteiger partial charge in [-0.1, -0.05) is 0 Å². The number of nitrogens with zero attached hydrogens (tertiary/aromatic N) is 3. The molecule has 0 radical (unpaired) electrons. The minimum absolute atomic E-state index is 0.0424. The molecule has 1 atom stereocenters. The number of piperazine rings is 1. The zero-order chi connectivity index (χ0) is 17.0. The molecule has 2 aliphatic rings. The molecular weight excluding hydrogens is 304 g/mol. The van der Waals surface area contributed by atoms with Gasteiger partial charge in [-0.2, -0.15) is 0 Å². The van der Waals surface area contributed by atoms with E-state index < -0.39 is 17.9 Å². The molecule has 2 rings (SSSR count). The summed E-state index contributed by atoms with van der Waals surface area (Å²) in [5.74, 6) is -1.22. The predicted octanol–water partition coefficient (Wildman–Crippen LogP) is -1.37. The lowest BCUT2D eigenvalue weighted by molar-refractivity contribution is -0.147. The molecule has 0 aromatic carbocycles. The second-order valence-electron chi connectivity index (χ2n) is 5.73. The Morgan fingerprint density at radius 3 is 2.30 bits per heavy atom. The summed E-state index contributed by atoms with van der Waals surface area (Å²) in [4.78, 5) is 51.5. The monoisotopic (exact) mass is 326 g/mol. The molecule has 0 aromatic heterocycles. The van der Waals surface area contributed by atoms with Gasteiger partial charge in [0.25, 0.3) is 0 Å². The van der Waals surface area contributed by atoms with Crippen LogP contribution in [0.1, 0.15) is 12.8 Å². The van der Waals surface area contributed by atoms with Gasteiger partial charge in [-0.05, 0) is 6.42 Å². The van der Waals surface area contributed by atoms with E-state index in [1.54, 1.807) is 11.9 Å². The summed E-state index contributed by atoms with van der Waals surface area (Å²) in [6.07, 6.45) is 0.475. The number of ether oxygens (including phenoxy) is 1. The first-order valence-electron chi connectivity index (χ1n) is 7.59. The highest BCUT2D eigenvalue weighted by Gasteiger charge is 2.31. The first-order valence-corrected chi connectivity index (χ1v) is 7.59. The van der Waals surface area contributed by atoms with Gasteiger partial charge in [0, 0.05) is 52.2 Å². The molecule has 23 heavy (non-hydrogen) atoms. The number of carbonyl (C=O) groups excluding carboxylic acids is 4. The Morgan fingerprint density at radius 1 is 1.13 bits per heavy atom. The number of amides is 4. The van der Waals surface area contributed by atoms with E-state index in [0.717, 1.165) is 0 Å². The standard InChI is InChI=1S/C14H22N4O5/c1-16-9-10(3-4-11(16)19)15-12(20)13(21)17-5-7-18(8-6-17)14(22)23-2/h10H,3-9H2,1-2H3,(H,15,20). The topological polar surface area (TPSA) is 99.3 Å². The summed E-state index contributed by atoms with van der Waals surface area (Å²) in [5, 5.41) is 2.68. The fourth-order valence-corrected chi connectivity index (χ4v) is 2.74. The van der Waals surface area contributed by atoms with Gasteiger partial charge in [-0.25, -0.2) is 4.79 Å². The van der Waals surface area contributed by atoms with Crippen LogP contribution < -0.4 is 5.32 Å². The van der Waals surface area contributed by atoms with E-state index in [1.165, 1.54) is 16.9 Å². The molecule has 2 saturated heterocycles. The van der Waals surface area contributed by atoms with Gasteiger partial charge < -0.3 is 24.8 Å². The molecular formula is C14H22N4O5. The fraction of sp³-hybridized carbons (Fsp3) is 0.714. The third kappa shape index (κ3) is 4.11. The first-order chi connectivity index (χ1) is 10.9. The quantitative estimate of drug-likeness (QED) is 0.600. The van der Waals surface area contributed by atoms with Crippen LogP contribution in [0.3, 0.4) is 0 Å². The highest BCUT2D eigenvalue weighted by atomic mass is 16.5. The Kier molecular flexibility index (Phi) is 5.41. The lowest BCUT2D eigenvalue weighted by Crippen LogP contribution is -2.56. The highest BCUT2D eigenvalue weighted by molar-refractivity contribution is 6.35. The summed E-state index contributed by atoms with van der Waals surface area (Å²) in [5.41, 5.74) is 0. The minimum atomic E-state index is -0.663. The van der Waals surface area contributed by atoms with Gasteiger partial charge >= 0.3 is 17.9 Å². The molecule has 9 nitrogen and oxygen atoms in total. The van der Waals surface area contributed by atoms with Crippen molar-refractivity contribution in [1.82, 2.24) is 20.0 Å². The van der Waals surface area contributed by atoms with Crippen molar-refractivity contribution in [2.75, 3.05) is 46.9 Å². The summed E-state index contributed by atoms with van der Waals surface area (Å²) >= 11 is 0. The van der Waals surface area contributed by atoms with Crippen LogP contribution in [-0.4, -0.2) is 91.4 Å². The average molecular weight is 326 g/mol. The molecule has 0 saturated carbocycles. The van der Waals surface area contributed by atoms with Crippen molar-refractivity contribution in [2.45, 2.75) is 18.9 Å². The Labute approximate surface area is 134 Å². The normalized spacial score (nSPS) is 21.9. The Morgan fingerprint density at radius 2 is 1.74 bits per heavy atom. The second-order valence-corrected chi connectivity index (χ2v) is 5.73. The van der Waals surface area contributed by atoms with Crippen molar-refractivity contribution < 1.29 is 23.9 Å². The zero-order valence-corrected chi connectivity index (χ0v) is 13.4. The fourth-order valence-electron chi connectivity index (χ4n) is 2.74. The second kappa shape index (κ2) is 7.30. The predicted molar refractivity (Wildman–Crippen MR) is 79.4 cm³/mol. The minimum Gasteiger partial charge on any atom is -0.453 e. The lowest BCUT2D eigenvalue weighted by Gasteiger charge is -2.34. The molecule has 0 aromatic rings. The van der Waals surface area contributed by atoms with Crippen LogP contribution in [-0.2, 0) is 19.1 Å². The van der Waals surface area contributed by atoms with Crippen molar-refractivity contribution in [3.05, 3.63) is 0 Å². The van der Waals surface area contributed by atoms with Gasteiger partial charge in [-0.15, -0.1) is 0 Å². The van der Waals surface area contributed by atoms with E-state index in [2.05, 4.69) is 10.1 Å². The zero-order valence-electron chi connectivity index (χ0n) is 13.4. The van der Waals surface area contributed by atoms with E-state index in [9.17, 15) is 19.2 Å². The number of nitrogens with one attached hydrogen (secondary N) is 1. The first kappa shape index (κ1) is 17.0. The van der Waals surface area contributed by atoms with E-state index in [1.807, 2.05) is 0 Å². The summed E-state index contributed by atoms with van der Waals surface area (Å²) in [6, 6.07) is -0.203. The largest absolute Gasteiger partial charge is 0.453 e. The van der Waals surface area contributed by atoms with Crippen molar-refractivity contribution in [1.29, 1.82) is 0 Å². The summed E-state index contributed by atoms with van der Waals surface area (Å²) in [6.45, 7) is 1.68. The van der Waals surface area contributed by atoms with Crippen LogP contribution in [0, 0.1) is 0 Å². The maximum absolute atomic E-state index is 12.2. The molecule has 0 spiro atoms. The van der Waals surface area contributed by atoms with Crippen LogP contribution in [0.15, 0.2) is 0 Å². The van der Waals surface area contributed by atoms with Crippen LogP contribution in [0.4, 0.5) is 4.79 Å². The number of hydrogen-bond acceptors (Lipinski definition) is 5. The van der Waals surface area contributed by atoms with Crippen LogP contribution in [0.25, 0.3) is 0 Å². The molecule has 1 unspecified atom stereocenters. The average Bonchev–Trinajstić information content (AvgIpc) is 2.57. The molecule has 1 N–H and O–H groups in total. The summed E-state index contributed by atoms with van der Waals surface area (Å²) in [7, 11) is 2.98. The molecule has 0 bridgehead atoms. The maximum atomic E-state index is 12.2. The Hall–Kier alpha value is -2.32. The number of methoxy groups -OCH3 is 1. The molecule has 128 valence electrons. The molecule has 2 fully saturated rings. The van der Waals surface area contributed by atoms with Gasteiger partial charge in [0.2, 0.25) is 5.91 Å². The van der Waals surface area contributed by atoms with Crippen LogP contribution in [0.5, 0.6) is 0 Å². The Balaban J connectivity index is 1.80. The van der Waals surface area contributed by atoms with Crippen molar-refractivity contribution in [3.8, 4) is 0 Å². The van der Waals surface area contributed by atoms with Crippen molar-refractivity contribution >= 4 is 23.8 Å². The Bertz CT molecular complexity index is 501. The third-order valence-corrected chi connectivity index (χ3v) is 4.16. The number of carbonyl (C=O) groups is 4. The van der Waals surface area contributed by atoms with Crippen molar-refractivity contribution in [2.24, 2.45) is 0 Å². The summed E-state index contributed by atoms with van der Waals surface area (Å²) < 4.78 is 4.62. The number of likely N-dealkylation sites (tertiary alicyclic amines) is 1. The maximum Gasteiger partial charge on any atom is 0.409 e.